The molecule has 0 fully saturated rings. The molecule has 20 heavy (non-hydrogen) atoms. The maximum atomic E-state index is 2.27. The maximum absolute atomic E-state index is 2.27. The van der Waals surface area contributed by atoms with Gasteiger partial charge in [0.25, 0.3) is 0 Å². The van der Waals surface area contributed by atoms with Crippen LogP contribution >= 0.6 is 0 Å². The van der Waals surface area contributed by atoms with Gasteiger partial charge in [-0.25, -0.2) is 0 Å². The van der Waals surface area contributed by atoms with Crippen LogP contribution in [0, 0.1) is 0 Å². The molecule has 0 saturated carbocycles. The standard InChI is InChI=1S/2C8H12.2H2O.2Rh/c2*1-2-4-6-8-7-5-3-1;;;;/h2*1-2,7-8H,3-6H2;2*1H2;;/p-2. The molecule has 0 aromatic rings. The summed E-state index contributed by atoms with van der Waals surface area (Å²) in [6, 6.07) is 0. The zero-order chi connectivity index (χ0) is 11.3. The van der Waals surface area contributed by atoms with E-state index in [0.29, 0.717) is 0 Å². The molecule has 2 aliphatic rings. The predicted molar refractivity (Wildman–Crippen MR) is 77.4 cm³/mol. The third kappa shape index (κ3) is 20.4. The Labute approximate surface area is 149 Å². The number of hydrogen-bond acceptors (Lipinski definition) is 2. The van der Waals surface area contributed by atoms with E-state index in [2.05, 4.69) is 48.6 Å². The van der Waals surface area contributed by atoms with Crippen LogP contribution in [0.25, 0.3) is 0 Å². The molecule has 2 N–H and O–H groups in total. The fourth-order valence-electron chi connectivity index (χ4n) is 1.71. The van der Waals surface area contributed by atoms with Crippen molar-refractivity contribution in [2.75, 3.05) is 0 Å². The molecule has 0 heterocycles. The van der Waals surface area contributed by atoms with Crippen molar-refractivity contribution in [3.8, 4) is 0 Å². The Morgan fingerprint density at radius 2 is 0.400 bits per heavy atom. The monoisotopic (exact) mass is 456 g/mol. The van der Waals surface area contributed by atoms with Crippen molar-refractivity contribution in [3.63, 3.8) is 0 Å². The van der Waals surface area contributed by atoms with Crippen molar-refractivity contribution in [1.29, 1.82) is 0 Å². The second-order valence-corrected chi connectivity index (χ2v) is 4.20. The van der Waals surface area contributed by atoms with Gasteiger partial charge in [-0.05, 0) is 51.4 Å². The SMILES string of the molecule is C1=CCCC=CCC1.C1=CCCC=CCC1.[OH-].[OH-].[Rh].[Rh]. The van der Waals surface area contributed by atoms with E-state index in [9.17, 15) is 0 Å². The average molecular weight is 456 g/mol. The molecule has 0 unspecified atom stereocenters. The Morgan fingerprint density at radius 1 is 0.300 bits per heavy atom. The van der Waals surface area contributed by atoms with Crippen LogP contribution in [0.4, 0.5) is 0 Å². The van der Waals surface area contributed by atoms with E-state index in [4.69, 9.17) is 0 Å². The van der Waals surface area contributed by atoms with Crippen LogP contribution in [-0.4, -0.2) is 11.0 Å². The Balaban J connectivity index is -0.000000107. The largest absolute Gasteiger partial charge is 0.870 e. The first kappa shape index (κ1) is 28.3. The summed E-state index contributed by atoms with van der Waals surface area (Å²) in [5.41, 5.74) is 0. The summed E-state index contributed by atoms with van der Waals surface area (Å²) in [5.74, 6) is 0. The van der Waals surface area contributed by atoms with E-state index in [1.165, 1.54) is 51.4 Å². The van der Waals surface area contributed by atoms with Crippen molar-refractivity contribution < 1.29 is 49.9 Å². The van der Waals surface area contributed by atoms with Gasteiger partial charge in [0, 0.05) is 39.0 Å². The molecular weight excluding hydrogens is 430 g/mol. The minimum atomic E-state index is 0. The third-order valence-electron chi connectivity index (χ3n) is 2.67. The summed E-state index contributed by atoms with van der Waals surface area (Å²) in [4.78, 5) is 0. The molecule has 2 radical (unpaired) electrons. The molecule has 0 aliphatic heterocycles. The molecular formula is C16H26O2Rh2-2. The summed E-state index contributed by atoms with van der Waals surface area (Å²) >= 11 is 0. The minimum Gasteiger partial charge on any atom is -0.870 e. The molecule has 2 nitrogen and oxygen atoms in total. The van der Waals surface area contributed by atoms with E-state index < -0.39 is 0 Å². The van der Waals surface area contributed by atoms with Crippen LogP contribution in [0.15, 0.2) is 48.6 Å². The van der Waals surface area contributed by atoms with Gasteiger partial charge in [-0.1, -0.05) is 48.6 Å². The third-order valence-corrected chi connectivity index (χ3v) is 2.67. The van der Waals surface area contributed by atoms with Gasteiger partial charge in [-0.15, -0.1) is 0 Å². The van der Waals surface area contributed by atoms with E-state index in [-0.39, 0.29) is 49.9 Å². The molecule has 0 aromatic carbocycles. The minimum absolute atomic E-state index is 0. The molecule has 0 bridgehead atoms. The first-order valence-electron chi connectivity index (χ1n) is 6.60. The van der Waals surface area contributed by atoms with Gasteiger partial charge < -0.3 is 11.0 Å². The van der Waals surface area contributed by atoms with Crippen LogP contribution in [0.5, 0.6) is 0 Å². The van der Waals surface area contributed by atoms with Crippen molar-refractivity contribution in [3.05, 3.63) is 48.6 Å². The maximum Gasteiger partial charge on any atom is 0 e. The molecule has 122 valence electrons. The van der Waals surface area contributed by atoms with Crippen LogP contribution in [0.3, 0.4) is 0 Å². The van der Waals surface area contributed by atoms with Gasteiger partial charge in [0.05, 0.1) is 0 Å². The zero-order valence-corrected chi connectivity index (χ0v) is 15.1. The molecule has 4 heteroatoms. The van der Waals surface area contributed by atoms with Crippen molar-refractivity contribution in [2.45, 2.75) is 51.4 Å². The molecule has 0 atom stereocenters. The van der Waals surface area contributed by atoms with Crippen molar-refractivity contribution >= 4 is 0 Å². The summed E-state index contributed by atoms with van der Waals surface area (Å²) in [6.07, 6.45) is 28.0. The predicted octanol–water partition coefficient (Wildman–Crippen LogP) is 4.99. The summed E-state index contributed by atoms with van der Waals surface area (Å²) < 4.78 is 0. The summed E-state index contributed by atoms with van der Waals surface area (Å²) in [7, 11) is 0. The van der Waals surface area contributed by atoms with E-state index in [1.807, 2.05) is 0 Å². The summed E-state index contributed by atoms with van der Waals surface area (Å²) in [5, 5.41) is 0. The quantitative estimate of drug-likeness (QED) is 0.381. The first-order valence-corrected chi connectivity index (χ1v) is 6.60. The van der Waals surface area contributed by atoms with Gasteiger partial charge in [-0.2, -0.15) is 0 Å². The molecule has 0 amide bonds. The topological polar surface area (TPSA) is 60.0 Å². The molecule has 2 aliphatic carbocycles. The molecule has 2 rings (SSSR count). The van der Waals surface area contributed by atoms with Crippen LogP contribution < -0.4 is 0 Å². The zero-order valence-electron chi connectivity index (χ0n) is 11.8. The Bertz CT molecular complexity index is 192. The van der Waals surface area contributed by atoms with Gasteiger partial charge in [-0.3, -0.25) is 0 Å². The Morgan fingerprint density at radius 3 is 0.500 bits per heavy atom. The Hall–Kier alpha value is 0.127. The number of allylic oxidation sites excluding steroid dienone is 8. The first-order chi connectivity index (χ1) is 8.00. The van der Waals surface area contributed by atoms with Gasteiger partial charge in [0.1, 0.15) is 0 Å². The molecule has 0 spiro atoms. The second kappa shape index (κ2) is 24.2. The second-order valence-electron chi connectivity index (χ2n) is 4.20. The molecule has 0 aromatic heterocycles. The smallest absolute Gasteiger partial charge is 0 e. The van der Waals surface area contributed by atoms with Gasteiger partial charge in [0.2, 0.25) is 0 Å². The van der Waals surface area contributed by atoms with Crippen LogP contribution in [-0.2, 0) is 39.0 Å². The van der Waals surface area contributed by atoms with Gasteiger partial charge in [0.15, 0.2) is 0 Å². The van der Waals surface area contributed by atoms with Crippen molar-refractivity contribution in [2.24, 2.45) is 0 Å². The normalized spacial score (nSPS) is 16.0. The van der Waals surface area contributed by atoms with Crippen LogP contribution in [0.1, 0.15) is 51.4 Å². The van der Waals surface area contributed by atoms with E-state index >= 15 is 0 Å². The average Bonchev–Trinajstić information content (AvgIpc) is 2.15. The fraction of sp³-hybridized carbons (Fsp3) is 0.500. The van der Waals surface area contributed by atoms with E-state index in [0.717, 1.165) is 0 Å². The van der Waals surface area contributed by atoms with Crippen LogP contribution in [0.2, 0.25) is 0 Å². The number of rotatable bonds is 0. The van der Waals surface area contributed by atoms with Gasteiger partial charge >= 0.3 is 0 Å². The Kier molecular flexibility index (Phi) is 34.2. The van der Waals surface area contributed by atoms with E-state index in [1.54, 1.807) is 0 Å². The fourth-order valence-corrected chi connectivity index (χ4v) is 1.71. The summed E-state index contributed by atoms with van der Waals surface area (Å²) in [6.45, 7) is 0. The van der Waals surface area contributed by atoms with Crippen molar-refractivity contribution in [1.82, 2.24) is 0 Å². The number of hydrogen-bond donors (Lipinski definition) is 0. The molecule has 0 saturated heterocycles.